The van der Waals surface area contributed by atoms with E-state index in [1.807, 2.05) is 42.2 Å². The molecule has 2 aliphatic heterocycles. The van der Waals surface area contributed by atoms with Gasteiger partial charge in [0.2, 0.25) is 5.91 Å². The van der Waals surface area contributed by atoms with Gasteiger partial charge in [-0.3, -0.25) is 14.9 Å². The average molecular weight is 288 g/mol. The van der Waals surface area contributed by atoms with Crippen LogP contribution in [0.25, 0.3) is 0 Å². The molecule has 0 aromatic heterocycles. The first-order valence-corrected chi connectivity index (χ1v) is 7.31. The van der Waals surface area contributed by atoms with Crippen molar-refractivity contribution in [1.29, 1.82) is 0 Å². The Bertz CT molecular complexity index is 546. The molecular formula is C16H20N2O3. The van der Waals surface area contributed by atoms with Crippen LogP contribution in [0.2, 0.25) is 0 Å². The van der Waals surface area contributed by atoms with Crippen molar-refractivity contribution in [2.24, 2.45) is 5.92 Å². The Morgan fingerprint density at radius 3 is 2.76 bits per heavy atom. The Labute approximate surface area is 124 Å². The molecule has 1 N–H and O–H groups in total. The van der Waals surface area contributed by atoms with Gasteiger partial charge in [-0.15, -0.1) is 0 Å². The van der Waals surface area contributed by atoms with E-state index in [0.717, 1.165) is 12.0 Å². The summed E-state index contributed by atoms with van der Waals surface area (Å²) in [7, 11) is 1.36. The lowest BCUT2D eigenvalue weighted by atomic mass is 9.92. The minimum Gasteiger partial charge on any atom is -0.468 e. The Morgan fingerprint density at radius 2 is 2.10 bits per heavy atom. The second kappa shape index (κ2) is 5.48. The SMILES string of the molecule is COC(=O)[C@@H]1N[C@@H]2C[C@H]1C(=O)N([C@@H](C)c1ccccc1)C2. The minimum absolute atomic E-state index is 0.0159. The number of nitrogens with one attached hydrogen (secondary N) is 1. The van der Waals surface area contributed by atoms with Crippen molar-refractivity contribution in [3.05, 3.63) is 35.9 Å². The van der Waals surface area contributed by atoms with Crippen LogP contribution in [0.3, 0.4) is 0 Å². The second-order valence-electron chi connectivity index (χ2n) is 5.78. The fourth-order valence-corrected chi connectivity index (χ4v) is 3.41. The number of fused-ring (bicyclic) bond motifs is 2. The van der Waals surface area contributed by atoms with Crippen LogP contribution in [-0.4, -0.2) is 42.5 Å². The number of carbonyl (C=O) groups is 2. The quantitative estimate of drug-likeness (QED) is 0.847. The maximum atomic E-state index is 12.7. The summed E-state index contributed by atoms with van der Waals surface area (Å²) in [4.78, 5) is 26.4. The minimum atomic E-state index is -0.500. The first-order chi connectivity index (χ1) is 10.1. The van der Waals surface area contributed by atoms with E-state index in [0.29, 0.717) is 6.54 Å². The average Bonchev–Trinajstić information content (AvgIpc) is 2.89. The standard InChI is InChI=1S/C16H20N2O3/c1-10(11-6-4-3-5-7-11)18-9-12-8-13(15(18)19)14(17-12)16(20)21-2/h3-7,10,12-14,17H,8-9H2,1-2H3/t10-,12+,13+,14+/m0/s1. The predicted molar refractivity (Wildman–Crippen MR) is 77.4 cm³/mol. The predicted octanol–water partition coefficient (Wildman–Crippen LogP) is 1.11. The third-order valence-electron chi connectivity index (χ3n) is 4.58. The number of benzene rings is 1. The van der Waals surface area contributed by atoms with Crippen LogP contribution in [0.5, 0.6) is 0 Å². The molecule has 0 radical (unpaired) electrons. The van der Waals surface area contributed by atoms with E-state index >= 15 is 0 Å². The highest BCUT2D eigenvalue weighted by atomic mass is 16.5. The first kappa shape index (κ1) is 14.1. The van der Waals surface area contributed by atoms with Gasteiger partial charge < -0.3 is 9.64 Å². The molecule has 2 fully saturated rings. The van der Waals surface area contributed by atoms with Crippen molar-refractivity contribution in [3.63, 3.8) is 0 Å². The van der Waals surface area contributed by atoms with Gasteiger partial charge in [-0.1, -0.05) is 30.3 Å². The summed E-state index contributed by atoms with van der Waals surface area (Å²) in [6, 6.07) is 9.66. The molecule has 5 nitrogen and oxygen atoms in total. The third kappa shape index (κ3) is 2.42. The van der Waals surface area contributed by atoms with Crippen LogP contribution < -0.4 is 5.32 Å². The van der Waals surface area contributed by atoms with Crippen molar-refractivity contribution in [1.82, 2.24) is 10.2 Å². The molecule has 5 heteroatoms. The van der Waals surface area contributed by atoms with Crippen LogP contribution in [0, 0.1) is 5.92 Å². The third-order valence-corrected chi connectivity index (χ3v) is 4.58. The van der Waals surface area contributed by atoms with E-state index in [1.54, 1.807) is 0 Å². The number of esters is 1. The van der Waals surface area contributed by atoms with E-state index in [-0.39, 0.29) is 29.9 Å². The summed E-state index contributed by atoms with van der Waals surface area (Å²) < 4.78 is 4.80. The fourth-order valence-electron chi connectivity index (χ4n) is 3.41. The zero-order chi connectivity index (χ0) is 15.0. The van der Waals surface area contributed by atoms with E-state index < -0.39 is 6.04 Å². The molecule has 21 heavy (non-hydrogen) atoms. The van der Waals surface area contributed by atoms with Crippen molar-refractivity contribution < 1.29 is 14.3 Å². The highest BCUT2D eigenvalue weighted by Gasteiger charge is 2.49. The normalized spacial score (nSPS) is 29.3. The molecule has 1 amide bonds. The molecule has 0 aliphatic carbocycles. The van der Waals surface area contributed by atoms with Crippen molar-refractivity contribution in [3.8, 4) is 0 Å². The van der Waals surface area contributed by atoms with Crippen molar-refractivity contribution >= 4 is 11.9 Å². The summed E-state index contributed by atoms with van der Waals surface area (Å²) in [6.07, 6.45) is 0.719. The molecular weight excluding hydrogens is 268 g/mol. The van der Waals surface area contributed by atoms with Crippen LogP contribution in [0.15, 0.2) is 30.3 Å². The van der Waals surface area contributed by atoms with E-state index in [9.17, 15) is 9.59 Å². The number of hydrogen-bond donors (Lipinski definition) is 1. The van der Waals surface area contributed by atoms with Gasteiger partial charge in [0.1, 0.15) is 6.04 Å². The van der Waals surface area contributed by atoms with Crippen LogP contribution in [-0.2, 0) is 14.3 Å². The second-order valence-corrected chi connectivity index (χ2v) is 5.78. The number of carbonyl (C=O) groups excluding carboxylic acids is 2. The molecule has 0 saturated carbocycles. The topological polar surface area (TPSA) is 58.6 Å². The molecule has 2 heterocycles. The van der Waals surface area contributed by atoms with E-state index in [4.69, 9.17) is 4.74 Å². The van der Waals surface area contributed by atoms with Crippen LogP contribution >= 0.6 is 0 Å². The van der Waals surface area contributed by atoms with Crippen LogP contribution in [0.4, 0.5) is 0 Å². The maximum absolute atomic E-state index is 12.7. The first-order valence-electron chi connectivity index (χ1n) is 7.31. The summed E-state index contributed by atoms with van der Waals surface area (Å²) in [5.41, 5.74) is 1.11. The van der Waals surface area contributed by atoms with Gasteiger partial charge in [-0.25, -0.2) is 0 Å². The van der Waals surface area contributed by atoms with Crippen LogP contribution in [0.1, 0.15) is 24.9 Å². The molecule has 4 atom stereocenters. The number of likely N-dealkylation sites (tertiary alicyclic amines) is 1. The Hall–Kier alpha value is -1.88. The molecule has 112 valence electrons. The number of nitrogens with zero attached hydrogens (tertiary/aromatic N) is 1. The Balaban J connectivity index is 1.81. The summed E-state index contributed by atoms with van der Waals surface area (Å²) >= 11 is 0. The van der Waals surface area contributed by atoms with Gasteiger partial charge in [0.15, 0.2) is 0 Å². The number of piperidine rings is 1. The molecule has 2 bridgehead atoms. The van der Waals surface area contributed by atoms with E-state index in [2.05, 4.69) is 5.32 Å². The summed E-state index contributed by atoms with van der Waals surface area (Å²) in [5.74, 6) is -0.601. The van der Waals surface area contributed by atoms with Gasteiger partial charge in [-0.2, -0.15) is 0 Å². The maximum Gasteiger partial charge on any atom is 0.323 e. The zero-order valence-corrected chi connectivity index (χ0v) is 12.3. The summed E-state index contributed by atoms with van der Waals surface area (Å²) in [6.45, 7) is 2.67. The molecule has 0 unspecified atom stereocenters. The zero-order valence-electron chi connectivity index (χ0n) is 12.3. The molecule has 2 aliphatic rings. The molecule has 0 spiro atoms. The highest BCUT2D eigenvalue weighted by molar-refractivity contribution is 5.89. The van der Waals surface area contributed by atoms with Crippen molar-refractivity contribution in [2.75, 3.05) is 13.7 Å². The lowest BCUT2D eigenvalue weighted by Gasteiger charge is -2.36. The number of rotatable bonds is 3. The molecule has 2 saturated heterocycles. The lowest BCUT2D eigenvalue weighted by Crippen LogP contribution is -2.46. The van der Waals surface area contributed by atoms with E-state index in [1.165, 1.54) is 7.11 Å². The smallest absolute Gasteiger partial charge is 0.323 e. The lowest BCUT2D eigenvalue weighted by molar-refractivity contribution is -0.149. The molecule has 3 rings (SSSR count). The Morgan fingerprint density at radius 1 is 1.38 bits per heavy atom. The number of ether oxygens (including phenoxy) is 1. The van der Waals surface area contributed by atoms with Gasteiger partial charge >= 0.3 is 5.97 Å². The van der Waals surface area contributed by atoms with Crippen molar-refractivity contribution in [2.45, 2.75) is 31.5 Å². The van der Waals surface area contributed by atoms with Gasteiger partial charge in [0.25, 0.3) is 0 Å². The highest BCUT2D eigenvalue weighted by Crippen LogP contribution is 2.34. The largest absolute Gasteiger partial charge is 0.468 e. The fraction of sp³-hybridized carbons (Fsp3) is 0.500. The summed E-state index contributed by atoms with van der Waals surface area (Å²) in [5, 5.41) is 3.23. The van der Waals surface area contributed by atoms with Gasteiger partial charge in [0, 0.05) is 12.6 Å². The Kier molecular flexibility index (Phi) is 3.68. The monoisotopic (exact) mass is 288 g/mol. The van der Waals surface area contributed by atoms with Gasteiger partial charge in [0.05, 0.1) is 19.1 Å². The number of methoxy groups -OCH3 is 1. The molecule has 1 aromatic rings. The number of hydrogen-bond acceptors (Lipinski definition) is 4. The number of amides is 1. The molecule has 1 aromatic carbocycles. The van der Waals surface area contributed by atoms with Gasteiger partial charge in [-0.05, 0) is 18.9 Å².